The number of H-pyrrole nitrogens is 1. The Morgan fingerprint density at radius 3 is 2.36 bits per heavy atom. The summed E-state index contributed by atoms with van der Waals surface area (Å²) in [5.74, 6) is -3.04. The number of rotatable bonds is 10. The average molecular weight is 652 g/mol. The van der Waals surface area contributed by atoms with Gasteiger partial charge >= 0.3 is 18.3 Å². The van der Waals surface area contributed by atoms with E-state index in [1.807, 2.05) is 5.32 Å². The van der Waals surface area contributed by atoms with Gasteiger partial charge in [0, 0.05) is 12.6 Å². The summed E-state index contributed by atoms with van der Waals surface area (Å²) in [6, 6.07) is 2.16. The molecule has 0 radical (unpaired) electrons. The quantitative estimate of drug-likeness (QED) is 0.163. The molecule has 42 heavy (non-hydrogen) atoms. The Morgan fingerprint density at radius 2 is 1.76 bits per heavy atom. The van der Waals surface area contributed by atoms with Crippen LogP contribution in [0.4, 0.5) is 46.8 Å². The number of imidazole rings is 1. The van der Waals surface area contributed by atoms with E-state index in [-0.39, 0.29) is 38.3 Å². The third-order valence-corrected chi connectivity index (χ3v) is 6.36. The van der Waals surface area contributed by atoms with E-state index in [4.69, 9.17) is 33.7 Å². The highest BCUT2D eigenvalue weighted by atomic mass is 35.5. The molecular formula is C23H21Cl2F8N6O3+. The third kappa shape index (κ3) is 8.04. The van der Waals surface area contributed by atoms with Gasteiger partial charge in [0.15, 0.2) is 6.04 Å². The molecule has 1 atom stereocenters. The summed E-state index contributed by atoms with van der Waals surface area (Å²) in [6.07, 6.45) is -12.6. The molecule has 1 heterocycles. The molecule has 6 N–H and O–H groups in total. The second kappa shape index (κ2) is 12.7. The van der Waals surface area contributed by atoms with E-state index < -0.39 is 67.6 Å². The number of halogens is 10. The lowest BCUT2D eigenvalue weighted by atomic mass is 10.1. The zero-order valence-electron chi connectivity index (χ0n) is 21.1. The summed E-state index contributed by atoms with van der Waals surface area (Å²) in [5, 5.41) is 6.46. The summed E-state index contributed by atoms with van der Waals surface area (Å²) >= 11 is 12.6. The molecular weight excluding hydrogens is 631 g/mol. The van der Waals surface area contributed by atoms with Gasteiger partial charge in [-0.05, 0) is 17.7 Å². The molecule has 3 rings (SSSR count). The second-order valence-corrected chi connectivity index (χ2v) is 9.44. The highest BCUT2D eigenvalue weighted by Crippen LogP contribution is 2.35. The number of carbonyl (C=O) groups excluding carboxylic acids is 2. The van der Waals surface area contributed by atoms with Crippen LogP contribution in [0.25, 0.3) is 11.0 Å². The number of anilines is 2. The number of fused-ring (bicyclic) bond motifs is 1. The first-order valence-corrected chi connectivity index (χ1v) is 12.3. The molecule has 0 bridgehead atoms. The SMILES string of the molecule is C[n+]1c(Nc2c(Cl)ccc(CNC(=O)C(N)C(F)(F)F)c2Cl)[nH]c2cc(C(=O)NCC(F)(F)F)c(OCC(F)F)cc21. The predicted molar refractivity (Wildman–Crippen MR) is 135 cm³/mol. The molecule has 0 fully saturated rings. The van der Waals surface area contributed by atoms with Gasteiger partial charge in [-0.3, -0.25) is 9.59 Å². The lowest BCUT2D eigenvalue weighted by Gasteiger charge is -2.16. The van der Waals surface area contributed by atoms with E-state index in [1.165, 1.54) is 23.7 Å². The van der Waals surface area contributed by atoms with Gasteiger partial charge in [-0.1, -0.05) is 29.3 Å². The van der Waals surface area contributed by atoms with Crippen molar-refractivity contribution in [2.45, 2.75) is 31.4 Å². The molecule has 0 saturated carbocycles. The first kappa shape index (κ1) is 32.9. The third-order valence-electron chi connectivity index (χ3n) is 5.61. The standard InChI is InChI=1S/C23H20Cl2F8N6O3/c1-39-13-5-14(42-7-15(26)27)10(19(40)36-8-22(28,29)30)4-12(13)37-21(39)38-17-11(24)3-2-9(16(17)25)6-35-20(41)18(34)23(31,32)33/h2-5,15,18H,6-8,34H2,1H3,(H3,35,36,37,38,40,41)/p+1. The van der Waals surface area contributed by atoms with Crippen LogP contribution in [-0.4, -0.2) is 54.8 Å². The number of aromatic amines is 1. The maximum Gasteiger partial charge on any atom is 0.412 e. The molecule has 0 spiro atoms. The number of benzene rings is 2. The maximum absolute atomic E-state index is 12.8. The van der Waals surface area contributed by atoms with Gasteiger partial charge in [0.05, 0.1) is 22.7 Å². The van der Waals surface area contributed by atoms with Crippen molar-refractivity contribution in [2.75, 3.05) is 18.5 Å². The van der Waals surface area contributed by atoms with Crippen LogP contribution in [0.15, 0.2) is 24.3 Å². The van der Waals surface area contributed by atoms with Crippen molar-refractivity contribution < 1.29 is 54.0 Å². The van der Waals surface area contributed by atoms with Gasteiger partial charge in [-0.2, -0.15) is 26.3 Å². The van der Waals surface area contributed by atoms with Gasteiger partial charge in [0.25, 0.3) is 12.3 Å². The Balaban J connectivity index is 1.95. The lowest BCUT2D eigenvalue weighted by Crippen LogP contribution is -2.49. The summed E-state index contributed by atoms with van der Waals surface area (Å²) < 4.78 is 108. The highest BCUT2D eigenvalue weighted by molar-refractivity contribution is 6.39. The van der Waals surface area contributed by atoms with Crippen LogP contribution >= 0.6 is 23.2 Å². The number of hydrogen-bond acceptors (Lipinski definition) is 5. The van der Waals surface area contributed by atoms with Crippen LogP contribution in [0.3, 0.4) is 0 Å². The molecule has 230 valence electrons. The largest absolute Gasteiger partial charge is 0.487 e. The number of hydrogen-bond donors (Lipinski definition) is 5. The van der Waals surface area contributed by atoms with Crippen LogP contribution in [0.2, 0.25) is 10.0 Å². The average Bonchev–Trinajstić information content (AvgIpc) is 3.19. The van der Waals surface area contributed by atoms with Crippen molar-refractivity contribution in [3.05, 3.63) is 45.4 Å². The molecule has 2 aromatic carbocycles. The van der Waals surface area contributed by atoms with Crippen molar-refractivity contribution in [2.24, 2.45) is 12.8 Å². The Kier molecular flexibility index (Phi) is 10.00. The molecule has 0 aliphatic heterocycles. The summed E-state index contributed by atoms with van der Waals surface area (Å²) in [4.78, 5) is 27.1. The number of amides is 2. The number of nitrogens with zero attached hydrogens (tertiary/aromatic N) is 1. The van der Waals surface area contributed by atoms with Crippen molar-refractivity contribution in [3.63, 3.8) is 0 Å². The van der Waals surface area contributed by atoms with Gasteiger partial charge in [0.2, 0.25) is 5.91 Å². The van der Waals surface area contributed by atoms with E-state index in [1.54, 1.807) is 5.32 Å². The van der Waals surface area contributed by atoms with Gasteiger partial charge in [0.1, 0.15) is 35.6 Å². The minimum absolute atomic E-state index is 0.0321. The number of aromatic nitrogens is 2. The topological polar surface area (TPSA) is 125 Å². The Morgan fingerprint density at radius 1 is 1.10 bits per heavy atom. The van der Waals surface area contributed by atoms with Crippen LogP contribution in [0.1, 0.15) is 15.9 Å². The molecule has 2 amide bonds. The fourth-order valence-corrected chi connectivity index (χ4v) is 4.06. The van der Waals surface area contributed by atoms with Crippen LogP contribution < -0.4 is 31.0 Å². The molecule has 0 aliphatic rings. The predicted octanol–water partition coefficient (Wildman–Crippen LogP) is 4.48. The fourth-order valence-electron chi connectivity index (χ4n) is 3.53. The number of nitrogens with two attached hydrogens (primary N) is 1. The molecule has 1 unspecified atom stereocenters. The highest BCUT2D eigenvalue weighted by Gasteiger charge is 2.42. The van der Waals surface area contributed by atoms with Crippen molar-refractivity contribution in [1.82, 2.24) is 15.6 Å². The van der Waals surface area contributed by atoms with Gasteiger partial charge in [-0.25, -0.2) is 23.6 Å². The Hall–Kier alpha value is -3.57. The summed E-state index contributed by atoms with van der Waals surface area (Å²) in [7, 11) is 1.48. The number of alkyl halides is 8. The van der Waals surface area contributed by atoms with Crippen LogP contribution in [-0.2, 0) is 18.4 Å². The summed E-state index contributed by atoms with van der Waals surface area (Å²) in [6.45, 7) is -3.28. The molecule has 9 nitrogen and oxygen atoms in total. The van der Waals surface area contributed by atoms with Crippen LogP contribution in [0.5, 0.6) is 5.75 Å². The van der Waals surface area contributed by atoms with Gasteiger partial charge in [-0.15, -0.1) is 0 Å². The molecule has 0 saturated heterocycles. The first-order valence-electron chi connectivity index (χ1n) is 11.5. The Labute approximate surface area is 241 Å². The maximum atomic E-state index is 12.8. The zero-order chi connectivity index (χ0) is 31.6. The smallest absolute Gasteiger partial charge is 0.412 e. The van der Waals surface area contributed by atoms with E-state index >= 15 is 0 Å². The minimum atomic E-state index is -4.96. The summed E-state index contributed by atoms with van der Waals surface area (Å²) in [5.41, 5.74) is 4.99. The fraction of sp³-hybridized carbons (Fsp3) is 0.348. The lowest BCUT2D eigenvalue weighted by molar-refractivity contribution is -0.629. The van der Waals surface area contributed by atoms with Gasteiger partial charge < -0.3 is 21.1 Å². The number of ether oxygens (including phenoxy) is 1. The first-order chi connectivity index (χ1) is 19.4. The molecule has 19 heteroatoms. The zero-order valence-corrected chi connectivity index (χ0v) is 22.6. The number of carbonyl (C=O) groups is 2. The number of nitrogens with one attached hydrogen (secondary N) is 4. The number of aryl methyl sites for hydroxylation is 1. The minimum Gasteiger partial charge on any atom is -0.487 e. The monoisotopic (exact) mass is 651 g/mol. The normalized spacial score (nSPS) is 12.9. The molecule has 0 aliphatic carbocycles. The van der Waals surface area contributed by atoms with Crippen molar-refractivity contribution in [1.29, 1.82) is 0 Å². The van der Waals surface area contributed by atoms with Crippen molar-refractivity contribution >= 4 is 57.7 Å². The van der Waals surface area contributed by atoms with Crippen LogP contribution in [0, 0.1) is 0 Å². The van der Waals surface area contributed by atoms with E-state index in [0.29, 0.717) is 0 Å². The molecule has 3 aromatic rings. The Bertz CT molecular complexity index is 1480. The van der Waals surface area contributed by atoms with Crippen molar-refractivity contribution in [3.8, 4) is 5.75 Å². The molecule has 1 aromatic heterocycles. The van der Waals surface area contributed by atoms with E-state index in [9.17, 15) is 44.7 Å². The second-order valence-electron chi connectivity index (χ2n) is 8.66. The van der Waals surface area contributed by atoms with E-state index in [0.717, 1.165) is 12.1 Å². The van der Waals surface area contributed by atoms with E-state index in [2.05, 4.69) is 10.3 Å².